The van der Waals surface area contributed by atoms with Crippen molar-refractivity contribution < 1.29 is 17.9 Å². The maximum atomic E-state index is 13.0. The van der Waals surface area contributed by atoms with Crippen LogP contribution in [0.1, 0.15) is 21.5 Å². The molecule has 1 heterocycles. The van der Waals surface area contributed by atoms with Crippen LogP contribution in [0.25, 0.3) is 10.6 Å². The van der Waals surface area contributed by atoms with Gasteiger partial charge < -0.3 is 4.74 Å². The Morgan fingerprint density at radius 2 is 1.74 bits per heavy atom. The molecule has 0 aliphatic rings. The fraction of sp³-hybridized carbons (Fsp3) is 0.125. The van der Waals surface area contributed by atoms with Gasteiger partial charge in [0.05, 0.1) is 12.0 Å². The zero-order chi connectivity index (χ0) is 24.3. The molecule has 8 nitrogen and oxygen atoms in total. The van der Waals surface area contributed by atoms with Crippen LogP contribution in [0.15, 0.2) is 71.6 Å². The van der Waals surface area contributed by atoms with Gasteiger partial charge in [0.15, 0.2) is 0 Å². The molecule has 4 aromatic rings. The number of aromatic nitrogens is 2. The Hall–Kier alpha value is -3.76. The maximum absolute atomic E-state index is 13.0. The lowest BCUT2D eigenvalue weighted by Crippen LogP contribution is -2.17. The number of hydrogen-bond donors (Lipinski definition) is 2. The van der Waals surface area contributed by atoms with Gasteiger partial charge >= 0.3 is 0 Å². The molecule has 1 aromatic heterocycles. The summed E-state index contributed by atoms with van der Waals surface area (Å²) in [5.74, 6) is 0.244. The van der Waals surface area contributed by atoms with Gasteiger partial charge in [-0.3, -0.25) is 14.8 Å². The van der Waals surface area contributed by atoms with E-state index in [4.69, 9.17) is 4.74 Å². The van der Waals surface area contributed by atoms with Crippen molar-refractivity contribution in [3.63, 3.8) is 0 Å². The average Bonchev–Trinajstić information content (AvgIpc) is 3.27. The Balaban J connectivity index is 1.53. The first-order valence-corrected chi connectivity index (χ1v) is 12.5. The van der Waals surface area contributed by atoms with Crippen molar-refractivity contribution in [2.75, 3.05) is 17.1 Å². The molecule has 0 fully saturated rings. The number of sulfonamides is 1. The van der Waals surface area contributed by atoms with Gasteiger partial charge in [-0.15, -0.1) is 10.2 Å². The summed E-state index contributed by atoms with van der Waals surface area (Å²) in [4.78, 5) is 12.9. The van der Waals surface area contributed by atoms with E-state index in [1.165, 1.54) is 17.4 Å². The van der Waals surface area contributed by atoms with Crippen LogP contribution >= 0.6 is 11.3 Å². The highest BCUT2D eigenvalue weighted by Crippen LogP contribution is 2.28. The van der Waals surface area contributed by atoms with E-state index < -0.39 is 15.9 Å². The van der Waals surface area contributed by atoms with Crippen molar-refractivity contribution in [3.05, 3.63) is 83.4 Å². The Labute approximate surface area is 201 Å². The van der Waals surface area contributed by atoms with Gasteiger partial charge in [-0.05, 0) is 73.5 Å². The maximum Gasteiger partial charge on any atom is 0.262 e. The highest BCUT2D eigenvalue weighted by molar-refractivity contribution is 7.92. The van der Waals surface area contributed by atoms with Gasteiger partial charge in [0.1, 0.15) is 10.8 Å². The number of aryl methyl sites for hydroxylation is 2. The highest BCUT2D eigenvalue weighted by atomic mass is 32.2. The van der Waals surface area contributed by atoms with Crippen LogP contribution in [0.5, 0.6) is 5.75 Å². The molecule has 0 spiro atoms. The average molecular weight is 495 g/mol. The first kappa shape index (κ1) is 23.4. The summed E-state index contributed by atoms with van der Waals surface area (Å²) in [5, 5.41) is 11.8. The number of hydrogen-bond acceptors (Lipinski definition) is 7. The van der Waals surface area contributed by atoms with Crippen LogP contribution in [0.4, 0.5) is 10.8 Å². The predicted molar refractivity (Wildman–Crippen MR) is 133 cm³/mol. The second-order valence-corrected chi connectivity index (χ2v) is 10.2. The van der Waals surface area contributed by atoms with Crippen LogP contribution in [-0.4, -0.2) is 31.6 Å². The molecule has 2 N–H and O–H groups in total. The van der Waals surface area contributed by atoms with Crippen LogP contribution in [0.3, 0.4) is 0 Å². The lowest BCUT2D eigenvalue weighted by Gasteiger charge is -2.12. The Kier molecular flexibility index (Phi) is 6.62. The van der Waals surface area contributed by atoms with Gasteiger partial charge in [-0.1, -0.05) is 29.5 Å². The molecule has 0 unspecified atom stereocenters. The summed E-state index contributed by atoms with van der Waals surface area (Å²) in [7, 11) is -2.30. The van der Waals surface area contributed by atoms with Crippen LogP contribution in [0.2, 0.25) is 0 Å². The van der Waals surface area contributed by atoms with E-state index >= 15 is 0 Å². The van der Waals surface area contributed by atoms with E-state index in [9.17, 15) is 13.2 Å². The minimum Gasteiger partial charge on any atom is -0.497 e. The molecule has 0 saturated heterocycles. The fourth-order valence-electron chi connectivity index (χ4n) is 3.24. The van der Waals surface area contributed by atoms with Crippen LogP contribution in [0, 0.1) is 13.8 Å². The summed E-state index contributed by atoms with van der Waals surface area (Å²) in [6.07, 6.45) is 0. The molecule has 174 valence electrons. The summed E-state index contributed by atoms with van der Waals surface area (Å²) >= 11 is 1.21. The van der Waals surface area contributed by atoms with Gasteiger partial charge in [0, 0.05) is 16.8 Å². The molecular formula is C24H22N4O4S2. The van der Waals surface area contributed by atoms with Gasteiger partial charge in [-0.25, -0.2) is 8.42 Å². The minimum atomic E-state index is -3.89. The molecular weight excluding hydrogens is 472 g/mol. The molecule has 4 rings (SSSR count). The van der Waals surface area contributed by atoms with E-state index in [1.54, 1.807) is 44.4 Å². The third kappa shape index (κ3) is 5.24. The number of carbonyl (C=O) groups is 1. The second-order valence-electron chi connectivity index (χ2n) is 7.55. The lowest BCUT2D eigenvalue weighted by molar-refractivity contribution is 0.102. The van der Waals surface area contributed by atoms with Crippen LogP contribution in [-0.2, 0) is 10.0 Å². The number of nitrogens with one attached hydrogen (secondary N) is 2. The molecule has 0 aliphatic carbocycles. The molecule has 0 saturated carbocycles. The number of methoxy groups -OCH3 is 1. The second kappa shape index (κ2) is 9.62. The SMILES string of the molecule is COc1ccc(-c2nnc(NC(=O)c3ccc(C)c(S(=O)(=O)Nc4cccc(C)c4)c3)s2)cc1. The van der Waals surface area contributed by atoms with Gasteiger partial charge in [-0.2, -0.15) is 0 Å². The minimum absolute atomic E-state index is 0.0258. The molecule has 0 radical (unpaired) electrons. The van der Waals surface area contributed by atoms with Crippen LogP contribution < -0.4 is 14.8 Å². The van der Waals surface area contributed by atoms with Crippen molar-refractivity contribution in [2.45, 2.75) is 18.7 Å². The molecule has 1 amide bonds. The summed E-state index contributed by atoms with van der Waals surface area (Å²) < 4.78 is 33.7. The Bertz CT molecular complexity index is 1450. The summed E-state index contributed by atoms with van der Waals surface area (Å²) in [5.41, 5.74) is 2.93. The van der Waals surface area contributed by atoms with Crippen molar-refractivity contribution in [2.24, 2.45) is 0 Å². The smallest absolute Gasteiger partial charge is 0.262 e. The first-order valence-electron chi connectivity index (χ1n) is 10.2. The zero-order valence-electron chi connectivity index (χ0n) is 18.7. The van der Waals surface area contributed by atoms with Crippen molar-refractivity contribution >= 4 is 38.1 Å². The largest absolute Gasteiger partial charge is 0.497 e. The third-order valence-corrected chi connectivity index (χ3v) is 7.40. The Morgan fingerprint density at radius 1 is 0.971 bits per heavy atom. The summed E-state index contributed by atoms with van der Waals surface area (Å²) in [6.45, 7) is 3.56. The first-order chi connectivity index (χ1) is 16.2. The molecule has 0 bridgehead atoms. The number of nitrogens with zero attached hydrogens (tertiary/aromatic N) is 2. The van der Waals surface area contributed by atoms with E-state index in [0.717, 1.165) is 16.9 Å². The summed E-state index contributed by atoms with van der Waals surface area (Å²) in [6, 6.07) is 18.9. The van der Waals surface area contributed by atoms with E-state index in [1.807, 2.05) is 37.3 Å². The number of anilines is 2. The lowest BCUT2D eigenvalue weighted by atomic mass is 10.1. The quantitative estimate of drug-likeness (QED) is 0.379. The highest BCUT2D eigenvalue weighted by Gasteiger charge is 2.20. The van der Waals surface area contributed by atoms with E-state index in [-0.39, 0.29) is 10.5 Å². The number of ether oxygens (including phenoxy) is 1. The molecule has 0 atom stereocenters. The zero-order valence-corrected chi connectivity index (χ0v) is 20.3. The number of amides is 1. The van der Waals surface area contributed by atoms with E-state index in [0.29, 0.717) is 21.4 Å². The van der Waals surface area contributed by atoms with Crippen molar-refractivity contribution in [1.82, 2.24) is 10.2 Å². The molecule has 3 aromatic carbocycles. The fourth-order valence-corrected chi connectivity index (χ4v) is 5.31. The molecule has 10 heteroatoms. The molecule has 34 heavy (non-hydrogen) atoms. The van der Waals surface area contributed by atoms with Crippen molar-refractivity contribution in [3.8, 4) is 16.3 Å². The predicted octanol–water partition coefficient (Wildman–Crippen LogP) is 4.88. The van der Waals surface area contributed by atoms with E-state index in [2.05, 4.69) is 20.2 Å². The number of benzene rings is 3. The van der Waals surface area contributed by atoms with Crippen molar-refractivity contribution in [1.29, 1.82) is 0 Å². The number of carbonyl (C=O) groups excluding carboxylic acids is 1. The monoisotopic (exact) mass is 494 g/mol. The number of rotatable bonds is 7. The van der Waals surface area contributed by atoms with Gasteiger partial charge in [0.2, 0.25) is 5.13 Å². The third-order valence-electron chi connectivity index (χ3n) is 4.99. The standard InChI is InChI=1S/C24H22N4O4S2/c1-15-5-4-6-19(13-15)28-34(30,31)21-14-18(8-7-16(21)2)22(29)25-24-27-26-23(33-24)17-9-11-20(32-3)12-10-17/h4-14,28H,1-3H3,(H,25,27,29). The topological polar surface area (TPSA) is 110 Å². The Morgan fingerprint density at radius 3 is 2.44 bits per heavy atom. The molecule has 0 aliphatic heterocycles. The normalized spacial score (nSPS) is 11.1. The van der Waals surface area contributed by atoms with Gasteiger partial charge in [0.25, 0.3) is 15.9 Å².